The molecule has 1 amide bonds. The first kappa shape index (κ1) is 10.6. The Labute approximate surface area is 91.3 Å². The van der Waals surface area contributed by atoms with Gasteiger partial charge in [0.2, 0.25) is 5.91 Å². The van der Waals surface area contributed by atoms with E-state index in [1.54, 1.807) is 0 Å². The summed E-state index contributed by atoms with van der Waals surface area (Å²) in [5.41, 5.74) is 0.509. The van der Waals surface area contributed by atoms with Crippen LogP contribution in [0.25, 0.3) is 0 Å². The highest BCUT2D eigenvalue weighted by Gasteiger charge is 2.31. The summed E-state index contributed by atoms with van der Waals surface area (Å²) in [6.45, 7) is 0.0901. The molecule has 0 unspecified atom stereocenters. The standard InChI is InChI=1S/C11H10FNO3/c12-8-1-3-9(4-2-8)13-6-7(11(15)16)5-10(13)14/h1-4,7H,5-6H2,(H,15,16)/p-1/t7-/m1/s1. The number of nitrogens with zero attached hydrogens (tertiary/aromatic N) is 1. The lowest BCUT2D eigenvalue weighted by Crippen LogP contribution is -2.33. The van der Waals surface area contributed by atoms with Crippen molar-refractivity contribution in [2.75, 3.05) is 11.4 Å². The number of benzene rings is 1. The first-order valence-corrected chi connectivity index (χ1v) is 4.84. The average Bonchev–Trinajstić information content (AvgIpc) is 2.62. The SMILES string of the molecule is O=C([O-])[C@@H]1CC(=O)N(c2ccc(F)cc2)C1. The molecule has 5 heteroatoms. The molecule has 1 heterocycles. The van der Waals surface area contributed by atoms with Crippen molar-refractivity contribution in [1.82, 2.24) is 0 Å². The fraction of sp³-hybridized carbons (Fsp3) is 0.273. The molecule has 0 aromatic heterocycles. The smallest absolute Gasteiger partial charge is 0.227 e. The van der Waals surface area contributed by atoms with Gasteiger partial charge in [-0.05, 0) is 24.3 Å². The number of carboxylic acid groups (broad SMARTS) is 1. The maximum atomic E-state index is 12.7. The average molecular weight is 222 g/mol. The third-order valence-corrected chi connectivity index (χ3v) is 2.60. The molecular formula is C11H9FNO3-. The Morgan fingerprint density at radius 1 is 1.38 bits per heavy atom. The van der Waals surface area contributed by atoms with E-state index in [-0.39, 0.29) is 18.9 Å². The number of amides is 1. The molecular weight excluding hydrogens is 213 g/mol. The summed E-state index contributed by atoms with van der Waals surface area (Å²) in [5, 5.41) is 10.6. The fourth-order valence-corrected chi connectivity index (χ4v) is 1.74. The molecule has 1 fully saturated rings. The molecule has 1 aliphatic rings. The summed E-state index contributed by atoms with van der Waals surface area (Å²) >= 11 is 0. The highest BCUT2D eigenvalue weighted by molar-refractivity contribution is 5.98. The van der Waals surface area contributed by atoms with Gasteiger partial charge in [0.05, 0.1) is 0 Å². The van der Waals surface area contributed by atoms with Crippen LogP contribution in [0.1, 0.15) is 6.42 Å². The van der Waals surface area contributed by atoms with Crippen LogP contribution in [0.2, 0.25) is 0 Å². The van der Waals surface area contributed by atoms with Crippen LogP contribution in [0.5, 0.6) is 0 Å². The lowest BCUT2D eigenvalue weighted by Gasteiger charge is -2.16. The Morgan fingerprint density at radius 3 is 2.50 bits per heavy atom. The first-order chi connectivity index (χ1) is 7.58. The molecule has 1 saturated heterocycles. The molecule has 84 valence electrons. The zero-order valence-electron chi connectivity index (χ0n) is 8.35. The summed E-state index contributed by atoms with van der Waals surface area (Å²) in [4.78, 5) is 23.5. The third-order valence-electron chi connectivity index (χ3n) is 2.60. The van der Waals surface area contributed by atoms with Gasteiger partial charge in [-0.15, -0.1) is 0 Å². The van der Waals surface area contributed by atoms with Gasteiger partial charge in [-0.1, -0.05) is 0 Å². The quantitative estimate of drug-likeness (QED) is 0.703. The molecule has 1 aliphatic heterocycles. The normalized spacial score (nSPS) is 20.2. The second-order valence-corrected chi connectivity index (χ2v) is 3.70. The molecule has 1 aromatic rings. The Balaban J connectivity index is 2.20. The van der Waals surface area contributed by atoms with E-state index in [0.29, 0.717) is 5.69 Å². The van der Waals surface area contributed by atoms with Crippen LogP contribution < -0.4 is 10.0 Å². The molecule has 0 spiro atoms. The minimum absolute atomic E-state index is 0.0558. The summed E-state index contributed by atoms with van der Waals surface area (Å²) in [6.07, 6.45) is -0.0558. The second-order valence-electron chi connectivity index (χ2n) is 3.70. The number of carbonyl (C=O) groups is 2. The predicted molar refractivity (Wildman–Crippen MR) is 51.9 cm³/mol. The lowest BCUT2D eigenvalue weighted by molar-refractivity contribution is -0.310. The van der Waals surface area contributed by atoms with E-state index in [4.69, 9.17) is 0 Å². The van der Waals surface area contributed by atoms with Gasteiger partial charge in [0.1, 0.15) is 5.82 Å². The van der Waals surface area contributed by atoms with Crippen molar-refractivity contribution in [1.29, 1.82) is 0 Å². The van der Waals surface area contributed by atoms with Gasteiger partial charge in [-0.2, -0.15) is 0 Å². The first-order valence-electron chi connectivity index (χ1n) is 4.84. The van der Waals surface area contributed by atoms with E-state index >= 15 is 0 Å². The maximum absolute atomic E-state index is 12.7. The zero-order valence-corrected chi connectivity index (χ0v) is 8.35. The van der Waals surface area contributed by atoms with Crippen molar-refractivity contribution in [3.63, 3.8) is 0 Å². The Kier molecular flexibility index (Phi) is 2.60. The van der Waals surface area contributed by atoms with Crippen molar-refractivity contribution in [3.05, 3.63) is 30.1 Å². The largest absolute Gasteiger partial charge is 0.550 e. The van der Waals surface area contributed by atoms with Gasteiger partial charge in [-0.3, -0.25) is 4.79 Å². The van der Waals surface area contributed by atoms with Gasteiger partial charge >= 0.3 is 0 Å². The van der Waals surface area contributed by atoms with E-state index in [1.807, 2.05) is 0 Å². The van der Waals surface area contributed by atoms with E-state index in [1.165, 1.54) is 29.2 Å². The molecule has 2 rings (SSSR count). The minimum atomic E-state index is -1.22. The molecule has 1 atom stereocenters. The highest BCUT2D eigenvalue weighted by Crippen LogP contribution is 2.24. The number of carbonyl (C=O) groups excluding carboxylic acids is 2. The Bertz CT molecular complexity index is 429. The maximum Gasteiger partial charge on any atom is 0.227 e. The van der Waals surface area contributed by atoms with Crippen LogP contribution in [0, 0.1) is 11.7 Å². The Morgan fingerprint density at radius 2 is 2.00 bits per heavy atom. The number of hydrogen-bond donors (Lipinski definition) is 0. The van der Waals surface area contributed by atoms with Crippen LogP contribution in [-0.2, 0) is 9.59 Å². The topological polar surface area (TPSA) is 60.4 Å². The second kappa shape index (κ2) is 3.92. The number of carboxylic acids is 1. The van der Waals surface area contributed by atoms with Crippen LogP contribution in [0.15, 0.2) is 24.3 Å². The van der Waals surface area contributed by atoms with Crippen molar-refractivity contribution in [3.8, 4) is 0 Å². The van der Waals surface area contributed by atoms with E-state index in [2.05, 4.69) is 0 Å². The Hall–Kier alpha value is -1.91. The van der Waals surface area contributed by atoms with Crippen LogP contribution in [-0.4, -0.2) is 18.4 Å². The molecule has 0 radical (unpaired) electrons. The van der Waals surface area contributed by atoms with E-state index in [9.17, 15) is 19.1 Å². The third kappa shape index (κ3) is 1.88. The molecule has 0 aliphatic carbocycles. The van der Waals surface area contributed by atoms with Gasteiger partial charge in [0.15, 0.2) is 0 Å². The van der Waals surface area contributed by atoms with Crippen molar-refractivity contribution in [2.45, 2.75) is 6.42 Å². The van der Waals surface area contributed by atoms with Crippen LogP contribution >= 0.6 is 0 Å². The number of anilines is 1. The summed E-state index contributed by atoms with van der Waals surface area (Å²) < 4.78 is 12.7. The van der Waals surface area contributed by atoms with Crippen molar-refractivity contribution in [2.24, 2.45) is 5.92 Å². The van der Waals surface area contributed by atoms with E-state index in [0.717, 1.165) is 0 Å². The number of halogens is 1. The van der Waals surface area contributed by atoms with Gasteiger partial charge < -0.3 is 14.8 Å². The number of aliphatic carboxylic acids is 1. The lowest BCUT2D eigenvalue weighted by atomic mass is 10.1. The summed E-state index contributed by atoms with van der Waals surface area (Å²) in [5.74, 6) is -2.68. The molecule has 0 bridgehead atoms. The number of rotatable bonds is 2. The van der Waals surface area contributed by atoms with Gasteiger partial charge in [0, 0.05) is 30.5 Å². The van der Waals surface area contributed by atoms with Crippen LogP contribution in [0.4, 0.5) is 10.1 Å². The molecule has 16 heavy (non-hydrogen) atoms. The fourth-order valence-electron chi connectivity index (χ4n) is 1.74. The minimum Gasteiger partial charge on any atom is -0.550 e. The molecule has 0 saturated carbocycles. The predicted octanol–water partition coefficient (Wildman–Crippen LogP) is -0.0715. The van der Waals surface area contributed by atoms with Crippen LogP contribution in [0.3, 0.4) is 0 Å². The highest BCUT2D eigenvalue weighted by atomic mass is 19.1. The molecule has 4 nitrogen and oxygen atoms in total. The van der Waals surface area contributed by atoms with Gasteiger partial charge in [0.25, 0.3) is 0 Å². The monoisotopic (exact) mass is 222 g/mol. The molecule has 0 N–H and O–H groups in total. The summed E-state index contributed by atoms with van der Waals surface area (Å²) in [6, 6.07) is 5.36. The molecule has 1 aromatic carbocycles. The number of hydrogen-bond acceptors (Lipinski definition) is 3. The van der Waals surface area contributed by atoms with Gasteiger partial charge in [-0.25, -0.2) is 4.39 Å². The van der Waals surface area contributed by atoms with Crippen molar-refractivity contribution >= 4 is 17.6 Å². The van der Waals surface area contributed by atoms with E-state index < -0.39 is 17.7 Å². The zero-order chi connectivity index (χ0) is 11.7. The summed E-state index contributed by atoms with van der Waals surface area (Å²) in [7, 11) is 0. The van der Waals surface area contributed by atoms with Crippen molar-refractivity contribution < 1.29 is 19.1 Å².